The Kier molecular flexibility index (Phi) is 3.91. The molecule has 0 bridgehead atoms. The van der Waals surface area contributed by atoms with Gasteiger partial charge in [-0.05, 0) is 28.1 Å². The highest BCUT2D eigenvalue weighted by Crippen LogP contribution is 2.32. The quantitative estimate of drug-likeness (QED) is 0.496. The van der Waals surface area contributed by atoms with E-state index in [1.54, 1.807) is 12.1 Å². The fraction of sp³-hybridized carbons (Fsp3) is 0.125. The molecule has 1 aromatic carbocycles. The summed E-state index contributed by atoms with van der Waals surface area (Å²) >= 11 is 6.55. The lowest BCUT2D eigenvalue weighted by molar-refractivity contribution is 0.0950. The standard InChI is InChI=1S/C8H8Br2N2O2/c1-14-7-5(8(13)12-11)2-4(9)3-6(7)10/h2-3H,11H2,1H3,(H,12,13). The summed E-state index contributed by atoms with van der Waals surface area (Å²) in [6, 6.07) is 3.41. The predicted octanol–water partition coefficient (Wildman–Crippen LogP) is 1.82. The molecular weight excluding hydrogens is 316 g/mol. The first kappa shape index (κ1) is 11.5. The van der Waals surface area contributed by atoms with Crippen LogP contribution in [0.4, 0.5) is 0 Å². The van der Waals surface area contributed by atoms with Gasteiger partial charge in [0.1, 0.15) is 5.75 Å². The van der Waals surface area contributed by atoms with Gasteiger partial charge in [0.2, 0.25) is 0 Å². The van der Waals surface area contributed by atoms with Crippen LogP contribution in [0.25, 0.3) is 0 Å². The zero-order chi connectivity index (χ0) is 10.7. The number of ether oxygens (including phenoxy) is 1. The number of nitrogen functional groups attached to an aromatic ring is 1. The van der Waals surface area contributed by atoms with Gasteiger partial charge in [-0.25, -0.2) is 5.84 Å². The molecule has 0 aliphatic heterocycles. The number of carbonyl (C=O) groups excluding carboxylic acids is 1. The average Bonchev–Trinajstić information content (AvgIpc) is 2.15. The lowest BCUT2D eigenvalue weighted by atomic mass is 10.2. The van der Waals surface area contributed by atoms with E-state index in [1.807, 2.05) is 5.43 Å². The van der Waals surface area contributed by atoms with Crippen LogP contribution in [0.15, 0.2) is 21.1 Å². The van der Waals surface area contributed by atoms with Crippen molar-refractivity contribution in [1.29, 1.82) is 0 Å². The Morgan fingerprint density at radius 1 is 1.50 bits per heavy atom. The molecule has 1 amide bonds. The molecule has 14 heavy (non-hydrogen) atoms. The van der Waals surface area contributed by atoms with Crippen LogP contribution in [0.1, 0.15) is 10.4 Å². The zero-order valence-electron chi connectivity index (χ0n) is 7.30. The maximum absolute atomic E-state index is 11.3. The van der Waals surface area contributed by atoms with E-state index in [0.29, 0.717) is 15.8 Å². The highest BCUT2D eigenvalue weighted by molar-refractivity contribution is 9.11. The monoisotopic (exact) mass is 322 g/mol. The normalized spacial score (nSPS) is 9.71. The van der Waals surface area contributed by atoms with Crippen molar-refractivity contribution in [3.05, 3.63) is 26.6 Å². The first-order valence-corrected chi connectivity index (χ1v) is 5.22. The predicted molar refractivity (Wildman–Crippen MR) is 60.0 cm³/mol. The Morgan fingerprint density at radius 3 is 2.64 bits per heavy atom. The smallest absolute Gasteiger partial charge is 0.269 e. The van der Waals surface area contributed by atoms with E-state index in [2.05, 4.69) is 31.9 Å². The molecule has 3 N–H and O–H groups in total. The molecule has 0 saturated carbocycles. The van der Waals surface area contributed by atoms with E-state index in [9.17, 15) is 4.79 Å². The van der Waals surface area contributed by atoms with Gasteiger partial charge in [-0.1, -0.05) is 15.9 Å². The van der Waals surface area contributed by atoms with Crippen molar-refractivity contribution in [3.63, 3.8) is 0 Å². The van der Waals surface area contributed by atoms with Gasteiger partial charge in [0.05, 0.1) is 17.1 Å². The van der Waals surface area contributed by atoms with Crippen LogP contribution in [0, 0.1) is 0 Å². The minimum atomic E-state index is -0.399. The summed E-state index contributed by atoms with van der Waals surface area (Å²) in [6.45, 7) is 0. The Morgan fingerprint density at radius 2 is 2.14 bits per heavy atom. The molecule has 0 saturated heterocycles. The molecule has 0 fully saturated rings. The zero-order valence-corrected chi connectivity index (χ0v) is 10.5. The van der Waals surface area contributed by atoms with Crippen LogP contribution in [0.3, 0.4) is 0 Å². The minimum Gasteiger partial charge on any atom is -0.495 e. The lowest BCUT2D eigenvalue weighted by Crippen LogP contribution is -2.30. The van der Waals surface area contributed by atoms with Crippen molar-refractivity contribution in [2.45, 2.75) is 0 Å². The van der Waals surface area contributed by atoms with Crippen LogP contribution >= 0.6 is 31.9 Å². The summed E-state index contributed by atoms with van der Waals surface area (Å²) in [6.07, 6.45) is 0. The second kappa shape index (κ2) is 4.77. The number of hydrogen-bond acceptors (Lipinski definition) is 3. The van der Waals surface area contributed by atoms with E-state index in [4.69, 9.17) is 10.6 Å². The molecule has 1 rings (SSSR count). The number of amides is 1. The Labute approximate surface area is 98.0 Å². The second-order valence-electron chi connectivity index (χ2n) is 2.44. The van der Waals surface area contributed by atoms with E-state index < -0.39 is 5.91 Å². The molecule has 0 atom stereocenters. The highest BCUT2D eigenvalue weighted by atomic mass is 79.9. The van der Waals surface area contributed by atoms with Gasteiger partial charge >= 0.3 is 0 Å². The minimum absolute atomic E-state index is 0.372. The largest absolute Gasteiger partial charge is 0.495 e. The maximum atomic E-state index is 11.3. The van der Waals surface area contributed by atoms with Gasteiger partial charge in [-0.3, -0.25) is 10.2 Å². The van der Waals surface area contributed by atoms with Crippen LogP contribution in [-0.2, 0) is 0 Å². The SMILES string of the molecule is COc1c(Br)cc(Br)cc1C(=O)NN. The summed E-state index contributed by atoms with van der Waals surface area (Å²) < 4.78 is 6.53. The number of carbonyl (C=O) groups is 1. The summed E-state index contributed by atoms with van der Waals surface area (Å²) in [7, 11) is 1.49. The molecule has 0 heterocycles. The molecule has 0 aliphatic rings. The van der Waals surface area contributed by atoms with Crippen molar-refractivity contribution in [3.8, 4) is 5.75 Å². The molecule has 0 unspecified atom stereocenters. The number of halogens is 2. The van der Waals surface area contributed by atoms with Gasteiger partial charge in [0.25, 0.3) is 5.91 Å². The van der Waals surface area contributed by atoms with Crippen LogP contribution in [-0.4, -0.2) is 13.0 Å². The maximum Gasteiger partial charge on any atom is 0.269 e. The van der Waals surface area contributed by atoms with Gasteiger partial charge in [0, 0.05) is 4.47 Å². The molecule has 1 aromatic rings. The lowest BCUT2D eigenvalue weighted by Gasteiger charge is -2.09. The number of benzene rings is 1. The van der Waals surface area contributed by atoms with Crippen LogP contribution < -0.4 is 16.0 Å². The van der Waals surface area contributed by atoms with E-state index in [-0.39, 0.29) is 0 Å². The highest BCUT2D eigenvalue weighted by Gasteiger charge is 2.14. The Balaban J connectivity index is 3.32. The van der Waals surface area contributed by atoms with Crippen molar-refractivity contribution in [2.75, 3.05) is 7.11 Å². The average molecular weight is 324 g/mol. The van der Waals surface area contributed by atoms with Crippen molar-refractivity contribution in [1.82, 2.24) is 5.43 Å². The third kappa shape index (κ3) is 2.26. The van der Waals surface area contributed by atoms with Crippen molar-refractivity contribution < 1.29 is 9.53 Å². The van der Waals surface area contributed by atoms with Gasteiger partial charge < -0.3 is 4.74 Å². The van der Waals surface area contributed by atoms with Crippen LogP contribution in [0.2, 0.25) is 0 Å². The fourth-order valence-corrected chi connectivity index (χ4v) is 2.40. The number of nitrogens with one attached hydrogen (secondary N) is 1. The molecule has 0 aliphatic carbocycles. The summed E-state index contributed by atoms with van der Waals surface area (Å²) in [4.78, 5) is 11.3. The summed E-state index contributed by atoms with van der Waals surface area (Å²) in [5.74, 6) is 5.10. The molecule has 0 spiro atoms. The summed E-state index contributed by atoms with van der Waals surface area (Å²) in [5, 5.41) is 0. The molecule has 0 aromatic heterocycles. The van der Waals surface area contributed by atoms with Crippen molar-refractivity contribution >= 4 is 37.8 Å². The van der Waals surface area contributed by atoms with Gasteiger partial charge in [0.15, 0.2) is 0 Å². The number of nitrogens with two attached hydrogens (primary N) is 1. The fourth-order valence-electron chi connectivity index (χ4n) is 1.01. The van der Waals surface area contributed by atoms with Gasteiger partial charge in [-0.2, -0.15) is 0 Å². The molecule has 76 valence electrons. The Hall–Kier alpha value is -0.590. The van der Waals surface area contributed by atoms with Crippen LogP contribution in [0.5, 0.6) is 5.75 Å². The van der Waals surface area contributed by atoms with E-state index in [0.717, 1.165) is 4.47 Å². The first-order chi connectivity index (χ1) is 6.60. The number of hydrogen-bond donors (Lipinski definition) is 2. The Bertz CT molecular complexity index is 369. The third-order valence-electron chi connectivity index (χ3n) is 1.59. The molecular formula is C8H8Br2N2O2. The van der Waals surface area contributed by atoms with E-state index in [1.165, 1.54) is 7.11 Å². The number of hydrazine groups is 1. The topological polar surface area (TPSA) is 64.3 Å². The number of rotatable bonds is 2. The molecule has 0 radical (unpaired) electrons. The molecule has 4 nitrogen and oxygen atoms in total. The second-order valence-corrected chi connectivity index (χ2v) is 4.21. The third-order valence-corrected chi connectivity index (χ3v) is 2.64. The number of methoxy groups -OCH3 is 1. The first-order valence-electron chi connectivity index (χ1n) is 3.64. The van der Waals surface area contributed by atoms with Gasteiger partial charge in [-0.15, -0.1) is 0 Å². The molecule has 6 heteroatoms. The van der Waals surface area contributed by atoms with E-state index >= 15 is 0 Å². The van der Waals surface area contributed by atoms with Crippen molar-refractivity contribution in [2.24, 2.45) is 5.84 Å². The summed E-state index contributed by atoms with van der Waals surface area (Å²) in [5.41, 5.74) is 2.42.